The summed E-state index contributed by atoms with van der Waals surface area (Å²) < 4.78 is 0. The number of benzene rings is 2. The van der Waals surface area contributed by atoms with E-state index in [1.54, 1.807) is 0 Å². The van der Waals surface area contributed by atoms with Gasteiger partial charge in [-0.3, -0.25) is 9.97 Å². The molecular formula is C20H17ClN2. The molecule has 0 aliphatic heterocycles. The van der Waals surface area contributed by atoms with Crippen LogP contribution in [0.25, 0.3) is 21.8 Å². The molecule has 0 spiro atoms. The smallest absolute Gasteiger partial charge is 0.0706 e. The van der Waals surface area contributed by atoms with E-state index in [1.807, 2.05) is 49.5 Å². The van der Waals surface area contributed by atoms with Crippen molar-refractivity contribution in [3.8, 4) is 0 Å². The van der Waals surface area contributed by atoms with Gasteiger partial charge in [0.25, 0.3) is 0 Å². The molecule has 2 heterocycles. The van der Waals surface area contributed by atoms with Crippen molar-refractivity contribution in [2.24, 2.45) is 0 Å². The standard InChI is InChI=1S/C10H8ClN.C10H9N/c1-7-2-3-8-6-9(11)4-5-10(8)12-7;1-8-4-5-9-3-2-6-11-10(9)7-8/h2-6H,1H3;2-7H,1H3. The molecule has 0 fully saturated rings. The predicted octanol–water partition coefficient (Wildman–Crippen LogP) is 5.74. The average molecular weight is 321 g/mol. The van der Waals surface area contributed by atoms with Crippen LogP contribution in [0.1, 0.15) is 11.3 Å². The van der Waals surface area contributed by atoms with Crippen molar-refractivity contribution in [1.29, 1.82) is 0 Å². The van der Waals surface area contributed by atoms with E-state index >= 15 is 0 Å². The van der Waals surface area contributed by atoms with E-state index in [-0.39, 0.29) is 0 Å². The summed E-state index contributed by atoms with van der Waals surface area (Å²) in [5, 5.41) is 3.05. The SMILES string of the molecule is Cc1ccc2cc(Cl)ccc2n1.Cc1ccc2cccnc2c1. The van der Waals surface area contributed by atoms with Gasteiger partial charge in [-0.05, 0) is 55.8 Å². The number of aryl methyl sites for hydroxylation is 2. The van der Waals surface area contributed by atoms with E-state index in [1.165, 1.54) is 10.9 Å². The molecule has 0 unspecified atom stereocenters. The highest BCUT2D eigenvalue weighted by atomic mass is 35.5. The number of hydrogen-bond acceptors (Lipinski definition) is 2. The molecule has 0 aliphatic rings. The second-order valence-corrected chi connectivity index (χ2v) is 5.93. The summed E-state index contributed by atoms with van der Waals surface area (Å²) in [5.74, 6) is 0. The van der Waals surface area contributed by atoms with Crippen LogP contribution in [0.3, 0.4) is 0 Å². The zero-order valence-electron chi connectivity index (χ0n) is 13.1. The average Bonchev–Trinajstić information content (AvgIpc) is 2.55. The van der Waals surface area contributed by atoms with Crippen molar-refractivity contribution < 1.29 is 0 Å². The number of nitrogens with zero attached hydrogens (tertiary/aromatic N) is 2. The highest BCUT2D eigenvalue weighted by molar-refractivity contribution is 6.31. The Morgan fingerprint density at radius 3 is 2.48 bits per heavy atom. The van der Waals surface area contributed by atoms with Crippen LogP contribution in [-0.4, -0.2) is 9.97 Å². The molecule has 23 heavy (non-hydrogen) atoms. The fourth-order valence-corrected chi connectivity index (χ4v) is 2.56. The molecule has 4 aromatic rings. The van der Waals surface area contributed by atoms with E-state index in [2.05, 4.69) is 41.2 Å². The van der Waals surface area contributed by atoms with Crippen LogP contribution in [0.4, 0.5) is 0 Å². The third kappa shape index (κ3) is 3.85. The van der Waals surface area contributed by atoms with E-state index in [0.29, 0.717) is 0 Å². The van der Waals surface area contributed by atoms with Gasteiger partial charge in [0.1, 0.15) is 0 Å². The lowest BCUT2D eigenvalue weighted by molar-refractivity contribution is 1.26. The molecule has 0 N–H and O–H groups in total. The van der Waals surface area contributed by atoms with Gasteiger partial charge in [0, 0.05) is 27.7 Å². The minimum atomic E-state index is 0.758. The Hall–Kier alpha value is -2.45. The van der Waals surface area contributed by atoms with E-state index in [0.717, 1.165) is 27.1 Å². The summed E-state index contributed by atoms with van der Waals surface area (Å²) in [6.07, 6.45) is 1.82. The minimum Gasteiger partial charge on any atom is -0.256 e. The molecule has 2 aromatic heterocycles. The van der Waals surface area contributed by atoms with Gasteiger partial charge in [0.05, 0.1) is 11.0 Å². The Bertz CT molecular complexity index is 922. The second kappa shape index (κ2) is 6.76. The number of rotatable bonds is 0. The van der Waals surface area contributed by atoms with Gasteiger partial charge in [-0.1, -0.05) is 35.9 Å². The third-order valence-corrected chi connectivity index (χ3v) is 3.79. The summed E-state index contributed by atoms with van der Waals surface area (Å²) in [7, 11) is 0. The van der Waals surface area contributed by atoms with E-state index in [9.17, 15) is 0 Å². The third-order valence-electron chi connectivity index (χ3n) is 3.55. The van der Waals surface area contributed by atoms with Gasteiger partial charge in [0.2, 0.25) is 0 Å². The second-order valence-electron chi connectivity index (χ2n) is 5.49. The molecule has 0 amide bonds. The maximum atomic E-state index is 5.83. The van der Waals surface area contributed by atoms with Crippen molar-refractivity contribution in [3.63, 3.8) is 0 Å². The lowest BCUT2D eigenvalue weighted by Crippen LogP contribution is -1.81. The molecule has 114 valence electrons. The summed E-state index contributed by atoms with van der Waals surface area (Å²) in [5.41, 5.74) is 4.37. The molecular weight excluding hydrogens is 304 g/mol. The molecule has 4 rings (SSSR count). The highest BCUT2D eigenvalue weighted by Gasteiger charge is 1.95. The molecule has 0 saturated carbocycles. The lowest BCUT2D eigenvalue weighted by Gasteiger charge is -1.98. The van der Waals surface area contributed by atoms with Crippen LogP contribution in [0.15, 0.2) is 66.9 Å². The summed E-state index contributed by atoms with van der Waals surface area (Å²) in [6.45, 7) is 4.06. The number of halogens is 1. The first-order chi connectivity index (χ1) is 11.1. The van der Waals surface area contributed by atoms with Crippen molar-refractivity contribution in [1.82, 2.24) is 9.97 Å². The first kappa shape index (κ1) is 15.4. The molecule has 2 nitrogen and oxygen atoms in total. The van der Waals surface area contributed by atoms with E-state index in [4.69, 9.17) is 11.6 Å². The van der Waals surface area contributed by atoms with Crippen molar-refractivity contribution in [3.05, 3.63) is 83.1 Å². The maximum absolute atomic E-state index is 5.83. The number of fused-ring (bicyclic) bond motifs is 2. The molecule has 0 saturated heterocycles. The Morgan fingerprint density at radius 2 is 1.61 bits per heavy atom. The fraction of sp³-hybridized carbons (Fsp3) is 0.100. The maximum Gasteiger partial charge on any atom is 0.0706 e. The molecule has 3 heteroatoms. The lowest BCUT2D eigenvalue weighted by atomic mass is 10.1. The number of hydrogen-bond donors (Lipinski definition) is 0. The number of aromatic nitrogens is 2. The molecule has 0 radical (unpaired) electrons. The van der Waals surface area contributed by atoms with Gasteiger partial charge in [-0.2, -0.15) is 0 Å². The van der Waals surface area contributed by atoms with Crippen LogP contribution < -0.4 is 0 Å². The monoisotopic (exact) mass is 320 g/mol. The first-order valence-corrected chi connectivity index (χ1v) is 7.84. The van der Waals surface area contributed by atoms with Crippen LogP contribution >= 0.6 is 11.6 Å². The van der Waals surface area contributed by atoms with Crippen molar-refractivity contribution in [2.45, 2.75) is 13.8 Å². The predicted molar refractivity (Wildman–Crippen MR) is 98.0 cm³/mol. The Balaban J connectivity index is 0.000000136. The fourth-order valence-electron chi connectivity index (χ4n) is 2.37. The van der Waals surface area contributed by atoms with Gasteiger partial charge < -0.3 is 0 Å². The topological polar surface area (TPSA) is 25.8 Å². The molecule has 0 atom stereocenters. The minimum absolute atomic E-state index is 0.758. The number of pyridine rings is 2. The van der Waals surface area contributed by atoms with Gasteiger partial charge in [-0.15, -0.1) is 0 Å². The molecule has 2 aromatic carbocycles. The first-order valence-electron chi connectivity index (χ1n) is 7.46. The molecule has 0 aliphatic carbocycles. The Morgan fingerprint density at radius 1 is 0.783 bits per heavy atom. The van der Waals surface area contributed by atoms with E-state index < -0.39 is 0 Å². The van der Waals surface area contributed by atoms with Crippen LogP contribution in [0, 0.1) is 13.8 Å². The van der Waals surface area contributed by atoms with Gasteiger partial charge in [-0.25, -0.2) is 0 Å². The van der Waals surface area contributed by atoms with Crippen molar-refractivity contribution in [2.75, 3.05) is 0 Å². The Labute approximate surface area is 140 Å². The van der Waals surface area contributed by atoms with Crippen LogP contribution in [0.5, 0.6) is 0 Å². The van der Waals surface area contributed by atoms with Crippen molar-refractivity contribution >= 4 is 33.4 Å². The summed E-state index contributed by atoms with van der Waals surface area (Å²) in [6, 6.07) is 20.0. The Kier molecular flexibility index (Phi) is 4.54. The summed E-state index contributed by atoms with van der Waals surface area (Å²) >= 11 is 5.83. The highest BCUT2D eigenvalue weighted by Crippen LogP contribution is 2.17. The largest absolute Gasteiger partial charge is 0.256 e. The zero-order chi connectivity index (χ0) is 16.2. The van der Waals surface area contributed by atoms with Gasteiger partial charge in [0.15, 0.2) is 0 Å². The van der Waals surface area contributed by atoms with Gasteiger partial charge >= 0.3 is 0 Å². The van der Waals surface area contributed by atoms with Crippen LogP contribution in [-0.2, 0) is 0 Å². The summed E-state index contributed by atoms with van der Waals surface area (Å²) in [4.78, 5) is 8.60. The van der Waals surface area contributed by atoms with Crippen LogP contribution in [0.2, 0.25) is 5.02 Å². The zero-order valence-corrected chi connectivity index (χ0v) is 13.9. The quantitative estimate of drug-likeness (QED) is 0.413. The molecule has 0 bridgehead atoms. The normalized spacial score (nSPS) is 10.4.